The zero-order valence-electron chi connectivity index (χ0n) is 14.3. The third kappa shape index (κ3) is 3.65. The van der Waals surface area contributed by atoms with Gasteiger partial charge in [0.25, 0.3) is 0 Å². The van der Waals surface area contributed by atoms with Crippen molar-refractivity contribution in [3.8, 4) is 5.69 Å². The van der Waals surface area contributed by atoms with Crippen LogP contribution in [0, 0.1) is 5.92 Å². The standard InChI is InChI=1S/C18H23N5O2/c1-2-16-15(11-20-23(16)14-8-4-3-5-9-14)21-18(25)22-10-6-7-13(12-22)17(19)24/h3-5,8-9,11,13H,2,6-7,10,12H2,1H3,(H2,19,24)(H,21,25). The Bertz CT molecular complexity index is 756. The van der Waals surface area contributed by atoms with Gasteiger partial charge in [-0.05, 0) is 31.4 Å². The monoisotopic (exact) mass is 341 g/mol. The number of aromatic nitrogens is 2. The Hall–Kier alpha value is -2.83. The zero-order chi connectivity index (χ0) is 17.8. The van der Waals surface area contributed by atoms with E-state index in [9.17, 15) is 9.59 Å². The molecular formula is C18H23N5O2. The molecule has 1 atom stereocenters. The number of para-hydroxylation sites is 1. The highest BCUT2D eigenvalue weighted by Gasteiger charge is 2.27. The average molecular weight is 341 g/mol. The van der Waals surface area contributed by atoms with E-state index in [1.807, 2.05) is 41.9 Å². The summed E-state index contributed by atoms with van der Waals surface area (Å²) in [7, 11) is 0. The van der Waals surface area contributed by atoms with E-state index in [0.29, 0.717) is 18.8 Å². The molecule has 2 aromatic rings. The van der Waals surface area contributed by atoms with Gasteiger partial charge in [-0.3, -0.25) is 4.79 Å². The van der Waals surface area contributed by atoms with Crippen molar-refractivity contribution in [2.45, 2.75) is 26.2 Å². The highest BCUT2D eigenvalue weighted by Crippen LogP contribution is 2.22. The first kappa shape index (κ1) is 17.0. The second-order valence-corrected chi connectivity index (χ2v) is 6.22. The Kier molecular flexibility index (Phi) is 5.02. The molecule has 3 rings (SSSR count). The molecule has 3 N–H and O–H groups in total. The maximum Gasteiger partial charge on any atom is 0.321 e. The summed E-state index contributed by atoms with van der Waals surface area (Å²) < 4.78 is 1.83. The van der Waals surface area contributed by atoms with Gasteiger partial charge in [-0.1, -0.05) is 25.1 Å². The van der Waals surface area contributed by atoms with Crippen LogP contribution in [-0.2, 0) is 11.2 Å². The molecule has 2 heterocycles. The number of likely N-dealkylation sites (tertiary alicyclic amines) is 1. The van der Waals surface area contributed by atoms with Gasteiger partial charge in [-0.2, -0.15) is 5.10 Å². The number of carbonyl (C=O) groups is 2. The second kappa shape index (κ2) is 7.38. The molecule has 0 radical (unpaired) electrons. The molecule has 0 aliphatic carbocycles. The van der Waals surface area contributed by atoms with E-state index in [0.717, 1.165) is 30.6 Å². The van der Waals surface area contributed by atoms with Crippen molar-refractivity contribution in [2.75, 3.05) is 18.4 Å². The van der Waals surface area contributed by atoms with Crippen LogP contribution in [0.1, 0.15) is 25.5 Å². The van der Waals surface area contributed by atoms with Crippen molar-refractivity contribution in [3.05, 3.63) is 42.2 Å². The Labute approximate surface area is 146 Å². The number of hydrogen-bond donors (Lipinski definition) is 2. The van der Waals surface area contributed by atoms with Crippen molar-refractivity contribution in [1.29, 1.82) is 0 Å². The van der Waals surface area contributed by atoms with Gasteiger partial charge in [0.1, 0.15) is 0 Å². The molecule has 1 fully saturated rings. The first-order valence-electron chi connectivity index (χ1n) is 8.57. The van der Waals surface area contributed by atoms with E-state index >= 15 is 0 Å². The number of nitrogens with two attached hydrogens (primary N) is 1. The number of amides is 3. The first-order valence-corrected chi connectivity index (χ1v) is 8.57. The molecule has 0 bridgehead atoms. The van der Waals surface area contributed by atoms with Crippen LogP contribution < -0.4 is 11.1 Å². The molecule has 1 aromatic carbocycles. The maximum absolute atomic E-state index is 12.6. The van der Waals surface area contributed by atoms with Crippen LogP contribution in [0.5, 0.6) is 0 Å². The summed E-state index contributed by atoms with van der Waals surface area (Å²) in [6.45, 7) is 3.02. The van der Waals surface area contributed by atoms with Gasteiger partial charge in [0.05, 0.1) is 29.2 Å². The molecule has 132 valence electrons. The summed E-state index contributed by atoms with van der Waals surface area (Å²) in [5.41, 5.74) is 7.96. The lowest BCUT2D eigenvalue weighted by Gasteiger charge is -2.31. The summed E-state index contributed by atoms with van der Waals surface area (Å²) in [6, 6.07) is 9.58. The number of nitrogens with zero attached hydrogens (tertiary/aromatic N) is 3. The molecule has 25 heavy (non-hydrogen) atoms. The second-order valence-electron chi connectivity index (χ2n) is 6.22. The largest absolute Gasteiger partial charge is 0.369 e. The van der Waals surface area contributed by atoms with E-state index in [-0.39, 0.29) is 17.9 Å². The summed E-state index contributed by atoms with van der Waals surface area (Å²) >= 11 is 0. The van der Waals surface area contributed by atoms with E-state index < -0.39 is 0 Å². The predicted octanol–water partition coefficient (Wildman–Crippen LogP) is 2.16. The van der Waals surface area contributed by atoms with Crippen LogP contribution in [0.25, 0.3) is 5.69 Å². The fourth-order valence-corrected chi connectivity index (χ4v) is 3.20. The van der Waals surface area contributed by atoms with Gasteiger partial charge in [0.15, 0.2) is 0 Å². The van der Waals surface area contributed by atoms with E-state index in [4.69, 9.17) is 5.73 Å². The Morgan fingerprint density at radius 1 is 1.32 bits per heavy atom. The van der Waals surface area contributed by atoms with Crippen LogP contribution in [0.15, 0.2) is 36.5 Å². The molecule has 0 saturated carbocycles. The lowest BCUT2D eigenvalue weighted by Crippen LogP contribution is -2.45. The number of carbonyl (C=O) groups excluding carboxylic acids is 2. The minimum atomic E-state index is -0.344. The van der Waals surface area contributed by atoms with E-state index in [1.54, 1.807) is 11.1 Å². The molecule has 1 aliphatic rings. The lowest BCUT2D eigenvalue weighted by molar-refractivity contribution is -0.123. The minimum absolute atomic E-state index is 0.215. The minimum Gasteiger partial charge on any atom is -0.369 e. The fourth-order valence-electron chi connectivity index (χ4n) is 3.20. The molecule has 7 heteroatoms. The van der Waals surface area contributed by atoms with E-state index in [1.165, 1.54) is 0 Å². The Morgan fingerprint density at radius 3 is 2.76 bits per heavy atom. The van der Waals surface area contributed by atoms with Crippen molar-refractivity contribution < 1.29 is 9.59 Å². The SMILES string of the molecule is CCc1c(NC(=O)N2CCCC(C(N)=O)C2)cnn1-c1ccccc1. The van der Waals surface area contributed by atoms with Gasteiger partial charge in [0.2, 0.25) is 5.91 Å². The van der Waals surface area contributed by atoms with Gasteiger partial charge < -0.3 is 16.0 Å². The van der Waals surface area contributed by atoms with Crippen molar-refractivity contribution >= 4 is 17.6 Å². The number of hydrogen-bond acceptors (Lipinski definition) is 3. The van der Waals surface area contributed by atoms with Crippen molar-refractivity contribution in [3.63, 3.8) is 0 Å². The summed E-state index contributed by atoms with van der Waals surface area (Å²) in [6.07, 6.45) is 3.92. The lowest BCUT2D eigenvalue weighted by atomic mass is 9.98. The van der Waals surface area contributed by atoms with Crippen LogP contribution >= 0.6 is 0 Å². The van der Waals surface area contributed by atoms with Gasteiger partial charge in [-0.25, -0.2) is 9.48 Å². The maximum atomic E-state index is 12.6. The molecule has 1 aliphatic heterocycles. The number of anilines is 1. The normalized spacial score (nSPS) is 17.3. The van der Waals surface area contributed by atoms with E-state index in [2.05, 4.69) is 10.4 Å². The number of urea groups is 1. The summed E-state index contributed by atoms with van der Waals surface area (Å²) in [5.74, 6) is -0.610. The molecule has 1 aromatic heterocycles. The summed E-state index contributed by atoms with van der Waals surface area (Å²) in [5, 5.41) is 7.34. The molecule has 3 amide bonds. The Balaban J connectivity index is 1.76. The predicted molar refractivity (Wildman–Crippen MR) is 95.5 cm³/mol. The Morgan fingerprint density at radius 2 is 2.08 bits per heavy atom. The van der Waals surface area contributed by atoms with Crippen molar-refractivity contribution in [1.82, 2.24) is 14.7 Å². The van der Waals surface area contributed by atoms with Crippen LogP contribution in [0.2, 0.25) is 0 Å². The van der Waals surface area contributed by atoms with Crippen LogP contribution in [-0.4, -0.2) is 39.7 Å². The number of primary amides is 1. The van der Waals surface area contributed by atoms with Gasteiger partial charge in [-0.15, -0.1) is 0 Å². The van der Waals surface area contributed by atoms with Crippen molar-refractivity contribution in [2.24, 2.45) is 11.7 Å². The quantitative estimate of drug-likeness (QED) is 0.892. The van der Waals surface area contributed by atoms with Crippen LogP contribution in [0.3, 0.4) is 0 Å². The average Bonchev–Trinajstić information content (AvgIpc) is 3.05. The van der Waals surface area contributed by atoms with Gasteiger partial charge >= 0.3 is 6.03 Å². The molecule has 1 saturated heterocycles. The van der Waals surface area contributed by atoms with Gasteiger partial charge in [0, 0.05) is 13.1 Å². The topological polar surface area (TPSA) is 93.2 Å². The fraction of sp³-hybridized carbons (Fsp3) is 0.389. The smallest absolute Gasteiger partial charge is 0.321 e. The molecule has 0 spiro atoms. The third-order valence-electron chi connectivity index (χ3n) is 4.56. The summed E-state index contributed by atoms with van der Waals surface area (Å²) in [4.78, 5) is 25.6. The number of rotatable bonds is 4. The molecule has 1 unspecified atom stereocenters. The molecule has 7 nitrogen and oxygen atoms in total. The zero-order valence-corrected chi connectivity index (χ0v) is 14.3. The molecular weight excluding hydrogens is 318 g/mol. The number of benzene rings is 1. The number of piperidine rings is 1. The number of nitrogens with one attached hydrogen (secondary N) is 1. The highest BCUT2D eigenvalue weighted by molar-refractivity contribution is 5.90. The highest BCUT2D eigenvalue weighted by atomic mass is 16.2. The first-order chi connectivity index (χ1) is 12.1. The third-order valence-corrected chi connectivity index (χ3v) is 4.56. The van der Waals surface area contributed by atoms with Crippen LogP contribution in [0.4, 0.5) is 10.5 Å².